The maximum Gasteiger partial charge on any atom is 0.306 e. The van der Waals surface area contributed by atoms with E-state index >= 15 is 0 Å². The zero-order chi connectivity index (χ0) is 58.5. The van der Waals surface area contributed by atoms with Crippen molar-refractivity contribution in [3.8, 4) is 0 Å². The van der Waals surface area contributed by atoms with Gasteiger partial charge in [-0.05, 0) is 122 Å². The maximum atomic E-state index is 12.9. The fraction of sp³-hybridized carbons (Fsp3) is 0.747. The van der Waals surface area contributed by atoms with E-state index in [1.54, 1.807) is 0 Å². The van der Waals surface area contributed by atoms with Crippen LogP contribution in [0.4, 0.5) is 0 Å². The normalized spacial score (nSPS) is 12.7. The fourth-order valence-corrected chi connectivity index (χ4v) is 9.85. The summed E-state index contributed by atoms with van der Waals surface area (Å²) in [5.41, 5.74) is 0. The van der Waals surface area contributed by atoms with Gasteiger partial charge in [-0.1, -0.05) is 298 Å². The van der Waals surface area contributed by atoms with Gasteiger partial charge in [-0.2, -0.15) is 0 Å². The monoisotopic (exact) mass is 1130 g/mol. The Balaban J connectivity index is 4.32. The van der Waals surface area contributed by atoms with E-state index in [0.29, 0.717) is 19.3 Å². The van der Waals surface area contributed by atoms with E-state index in [1.165, 1.54) is 186 Å². The van der Waals surface area contributed by atoms with Crippen LogP contribution in [0.2, 0.25) is 0 Å². The van der Waals surface area contributed by atoms with Crippen molar-refractivity contribution in [2.45, 2.75) is 348 Å². The molecule has 0 radical (unpaired) electrons. The standard InChI is InChI=1S/C75H130O6/c1-4-7-10-13-16-19-22-25-28-30-32-34-35-36-37-38-39-41-42-44-47-50-53-56-59-62-65-68-74(77)80-71-72(70-79-73(76)67-64-61-58-55-52-49-46-27-24-21-18-15-12-9-6-3)81-75(78)69-66-63-60-57-54-51-48-45-43-40-33-31-29-26-23-20-17-14-11-8-5-2/h8,11,17-18,20-22,25-27,29-30,32-33,40,46,72H,4-7,9-10,12-16,19,23-24,28,31,34-39,41-45,47-71H2,1-3H3/b11-8-,20-17-,21-18-,25-22-,29-26-,32-30-,40-33-,46-27-. The van der Waals surface area contributed by atoms with Gasteiger partial charge in [0.2, 0.25) is 0 Å². The Hall–Kier alpha value is -3.67. The van der Waals surface area contributed by atoms with Gasteiger partial charge in [0.1, 0.15) is 13.2 Å². The smallest absolute Gasteiger partial charge is 0.306 e. The topological polar surface area (TPSA) is 78.9 Å². The summed E-state index contributed by atoms with van der Waals surface area (Å²) in [5, 5.41) is 0. The van der Waals surface area contributed by atoms with Crippen molar-refractivity contribution in [1.82, 2.24) is 0 Å². The van der Waals surface area contributed by atoms with Crippen LogP contribution in [0.3, 0.4) is 0 Å². The quantitative estimate of drug-likeness (QED) is 0.0261. The van der Waals surface area contributed by atoms with Gasteiger partial charge in [-0.25, -0.2) is 0 Å². The Labute approximate surface area is 502 Å². The molecule has 0 aliphatic heterocycles. The molecule has 0 bridgehead atoms. The number of allylic oxidation sites excluding steroid dienone is 16. The van der Waals surface area contributed by atoms with Gasteiger partial charge in [-0.3, -0.25) is 14.4 Å². The number of hydrogen-bond donors (Lipinski definition) is 0. The number of esters is 3. The number of hydrogen-bond acceptors (Lipinski definition) is 6. The molecule has 466 valence electrons. The molecule has 0 saturated heterocycles. The minimum absolute atomic E-state index is 0.0839. The number of unbranched alkanes of at least 4 members (excludes halogenated alkanes) is 36. The first-order valence-corrected chi connectivity index (χ1v) is 34.7. The molecule has 0 spiro atoms. The third-order valence-corrected chi connectivity index (χ3v) is 15.0. The SMILES string of the molecule is CC/C=C\C/C=C\C/C=C\C/C=C\CCCCCCCCCCC(=O)OC(COC(=O)CCCCCCC/C=C\C/C=C\CCCCC)COC(=O)CCCCCCCCCCCCCCCCC/C=C\C/C=C\CCCCCCC. The maximum absolute atomic E-state index is 12.9. The van der Waals surface area contributed by atoms with Crippen LogP contribution in [0.15, 0.2) is 97.2 Å². The highest BCUT2D eigenvalue weighted by atomic mass is 16.6. The van der Waals surface area contributed by atoms with E-state index in [9.17, 15) is 14.4 Å². The average Bonchev–Trinajstić information content (AvgIpc) is 3.47. The minimum Gasteiger partial charge on any atom is -0.462 e. The van der Waals surface area contributed by atoms with Crippen molar-refractivity contribution in [2.75, 3.05) is 13.2 Å². The van der Waals surface area contributed by atoms with E-state index in [-0.39, 0.29) is 31.1 Å². The third kappa shape index (κ3) is 67.0. The summed E-state index contributed by atoms with van der Waals surface area (Å²) in [7, 11) is 0. The molecule has 0 heterocycles. The lowest BCUT2D eigenvalue weighted by Gasteiger charge is -2.18. The summed E-state index contributed by atoms with van der Waals surface area (Å²) >= 11 is 0. The van der Waals surface area contributed by atoms with Crippen LogP contribution in [0, 0.1) is 0 Å². The summed E-state index contributed by atoms with van der Waals surface area (Å²) in [6, 6.07) is 0. The molecule has 0 aromatic carbocycles. The van der Waals surface area contributed by atoms with Gasteiger partial charge >= 0.3 is 17.9 Å². The highest BCUT2D eigenvalue weighted by Gasteiger charge is 2.19. The zero-order valence-corrected chi connectivity index (χ0v) is 53.5. The molecule has 6 heteroatoms. The number of ether oxygens (including phenoxy) is 3. The van der Waals surface area contributed by atoms with Crippen molar-refractivity contribution in [3.05, 3.63) is 97.2 Å². The molecule has 0 aromatic rings. The summed E-state index contributed by atoms with van der Waals surface area (Å²) in [5.74, 6) is -0.892. The first kappa shape index (κ1) is 77.3. The lowest BCUT2D eigenvalue weighted by atomic mass is 10.0. The summed E-state index contributed by atoms with van der Waals surface area (Å²) in [6.45, 7) is 6.51. The largest absolute Gasteiger partial charge is 0.462 e. The molecule has 81 heavy (non-hydrogen) atoms. The Bertz CT molecular complexity index is 1580. The molecule has 0 aliphatic carbocycles. The van der Waals surface area contributed by atoms with Crippen LogP contribution in [0.25, 0.3) is 0 Å². The predicted octanol–water partition coefficient (Wildman–Crippen LogP) is 24.0. The molecule has 0 aliphatic rings. The second kappa shape index (κ2) is 68.8. The molecule has 1 unspecified atom stereocenters. The van der Waals surface area contributed by atoms with Gasteiger partial charge in [0, 0.05) is 19.3 Å². The van der Waals surface area contributed by atoms with E-state index < -0.39 is 6.10 Å². The Morgan fingerprint density at radius 1 is 0.259 bits per heavy atom. The van der Waals surface area contributed by atoms with Crippen LogP contribution in [-0.4, -0.2) is 37.2 Å². The van der Waals surface area contributed by atoms with E-state index in [0.717, 1.165) is 116 Å². The van der Waals surface area contributed by atoms with Crippen molar-refractivity contribution in [3.63, 3.8) is 0 Å². The molecule has 0 amide bonds. The van der Waals surface area contributed by atoms with E-state index in [4.69, 9.17) is 14.2 Å². The first-order chi connectivity index (χ1) is 40.0. The average molecular weight is 1130 g/mol. The van der Waals surface area contributed by atoms with Crippen molar-refractivity contribution >= 4 is 17.9 Å². The predicted molar refractivity (Wildman–Crippen MR) is 353 cm³/mol. The van der Waals surface area contributed by atoms with Gasteiger partial charge in [-0.15, -0.1) is 0 Å². The van der Waals surface area contributed by atoms with Crippen LogP contribution < -0.4 is 0 Å². The van der Waals surface area contributed by atoms with E-state index in [2.05, 4.69) is 118 Å². The molecule has 0 fully saturated rings. The number of rotatable bonds is 63. The molecular weight excluding hydrogens is 997 g/mol. The molecule has 0 rings (SSSR count). The fourth-order valence-electron chi connectivity index (χ4n) is 9.85. The molecule has 0 aromatic heterocycles. The summed E-state index contributed by atoms with van der Waals surface area (Å²) in [4.78, 5) is 38.4. The number of carbonyl (C=O) groups excluding carboxylic acids is 3. The molecular formula is C75H130O6. The van der Waals surface area contributed by atoms with Crippen LogP contribution in [0.5, 0.6) is 0 Å². The summed E-state index contributed by atoms with van der Waals surface area (Å²) in [6.07, 6.45) is 92.8. The van der Waals surface area contributed by atoms with Crippen LogP contribution >= 0.6 is 0 Å². The highest BCUT2D eigenvalue weighted by molar-refractivity contribution is 5.71. The molecule has 6 nitrogen and oxygen atoms in total. The zero-order valence-electron chi connectivity index (χ0n) is 53.5. The van der Waals surface area contributed by atoms with Gasteiger partial charge in [0.05, 0.1) is 0 Å². The van der Waals surface area contributed by atoms with Gasteiger partial charge < -0.3 is 14.2 Å². The molecule has 0 N–H and O–H groups in total. The third-order valence-electron chi connectivity index (χ3n) is 15.0. The number of carbonyl (C=O) groups is 3. The van der Waals surface area contributed by atoms with Crippen molar-refractivity contribution in [2.24, 2.45) is 0 Å². The second-order valence-electron chi connectivity index (χ2n) is 23.1. The van der Waals surface area contributed by atoms with Crippen molar-refractivity contribution < 1.29 is 28.6 Å². The highest BCUT2D eigenvalue weighted by Crippen LogP contribution is 2.17. The molecule has 1 atom stereocenters. The van der Waals surface area contributed by atoms with Gasteiger partial charge in [0.25, 0.3) is 0 Å². The Kier molecular flexibility index (Phi) is 65.7. The van der Waals surface area contributed by atoms with Crippen LogP contribution in [0.1, 0.15) is 342 Å². The van der Waals surface area contributed by atoms with Gasteiger partial charge in [0.15, 0.2) is 6.10 Å². The molecule has 0 saturated carbocycles. The van der Waals surface area contributed by atoms with Crippen LogP contribution in [-0.2, 0) is 28.6 Å². The first-order valence-electron chi connectivity index (χ1n) is 34.7. The van der Waals surface area contributed by atoms with Crippen molar-refractivity contribution in [1.29, 1.82) is 0 Å². The second-order valence-corrected chi connectivity index (χ2v) is 23.1. The van der Waals surface area contributed by atoms with E-state index in [1.807, 2.05) is 0 Å². The Morgan fingerprint density at radius 2 is 0.481 bits per heavy atom. The lowest BCUT2D eigenvalue weighted by Crippen LogP contribution is -2.30. The Morgan fingerprint density at radius 3 is 0.778 bits per heavy atom. The lowest BCUT2D eigenvalue weighted by molar-refractivity contribution is -0.167. The minimum atomic E-state index is -0.790. The summed E-state index contributed by atoms with van der Waals surface area (Å²) < 4.78 is 17.0.